The van der Waals surface area contributed by atoms with Gasteiger partial charge in [-0.1, -0.05) is 35.0 Å². The van der Waals surface area contributed by atoms with Crippen molar-refractivity contribution >= 4 is 23.7 Å². The Morgan fingerprint density at radius 3 is 2.61 bits per heavy atom. The standard InChI is InChI=1S/C17H16ClFN2O2/c1-21(11-14-15(18)4-3-5-16(14)19)17(22)13-8-6-12(7-9-13)10-20-23-2/h3-10H,11H2,1-2H3/b20-10+. The third-order valence-corrected chi connectivity index (χ3v) is 3.62. The fraction of sp³-hybridized carbons (Fsp3) is 0.176. The number of hydrogen-bond acceptors (Lipinski definition) is 3. The fourth-order valence-corrected chi connectivity index (χ4v) is 2.26. The molecule has 0 aromatic heterocycles. The van der Waals surface area contributed by atoms with Gasteiger partial charge >= 0.3 is 0 Å². The van der Waals surface area contributed by atoms with Crippen LogP contribution in [-0.2, 0) is 11.4 Å². The van der Waals surface area contributed by atoms with E-state index in [0.717, 1.165) is 5.56 Å². The van der Waals surface area contributed by atoms with E-state index in [1.54, 1.807) is 37.4 Å². The summed E-state index contributed by atoms with van der Waals surface area (Å²) in [6.45, 7) is 0.0945. The molecule has 0 aliphatic heterocycles. The first-order valence-corrected chi connectivity index (χ1v) is 7.25. The van der Waals surface area contributed by atoms with Crippen LogP contribution in [-0.4, -0.2) is 31.2 Å². The van der Waals surface area contributed by atoms with Crippen LogP contribution in [0.25, 0.3) is 0 Å². The quantitative estimate of drug-likeness (QED) is 0.617. The maximum atomic E-state index is 13.8. The molecule has 0 fully saturated rings. The number of carbonyl (C=O) groups is 1. The van der Waals surface area contributed by atoms with Crippen molar-refractivity contribution in [2.24, 2.45) is 5.16 Å². The van der Waals surface area contributed by atoms with Gasteiger partial charge in [0.1, 0.15) is 12.9 Å². The van der Waals surface area contributed by atoms with Gasteiger partial charge in [-0.25, -0.2) is 4.39 Å². The molecular formula is C17H16ClFN2O2. The summed E-state index contributed by atoms with van der Waals surface area (Å²) in [5.74, 6) is -0.650. The van der Waals surface area contributed by atoms with Crippen molar-refractivity contribution in [1.29, 1.82) is 0 Å². The highest BCUT2D eigenvalue weighted by Crippen LogP contribution is 2.21. The summed E-state index contributed by atoms with van der Waals surface area (Å²) in [5.41, 5.74) is 1.60. The normalized spacial score (nSPS) is 10.8. The van der Waals surface area contributed by atoms with Gasteiger partial charge in [0.25, 0.3) is 5.91 Å². The van der Waals surface area contributed by atoms with Gasteiger partial charge in [-0.3, -0.25) is 4.79 Å². The molecule has 2 rings (SSSR count). The number of nitrogens with zero attached hydrogens (tertiary/aromatic N) is 2. The molecule has 0 saturated heterocycles. The second kappa shape index (κ2) is 7.74. The molecule has 0 atom stereocenters. The average molecular weight is 335 g/mol. The molecule has 0 aliphatic carbocycles. The maximum Gasteiger partial charge on any atom is 0.253 e. The van der Waals surface area contributed by atoms with Crippen LogP contribution >= 0.6 is 11.6 Å². The summed E-state index contributed by atoms with van der Waals surface area (Å²) in [6.07, 6.45) is 1.54. The smallest absolute Gasteiger partial charge is 0.253 e. The van der Waals surface area contributed by atoms with Gasteiger partial charge in [-0.15, -0.1) is 0 Å². The molecule has 23 heavy (non-hydrogen) atoms. The molecule has 0 aliphatic rings. The Hall–Kier alpha value is -2.40. The van der Waals surface area contributed by atoms with Gasteiger partial charge in [-0.2, -0.15) is 0 Å². The van der Waals surface area contributed by atoms with Gasteiger partial charge in [0.05, 0.1) is 6.21 Å². The van der Waals surface area contributed by atoms with E-state index in [1.165, 1.54) is 30.4 Å². The molecule has 120 valence electrons. The Bertz CT molecular complexity index is 697. The number of halogens is 2. The number of oxime groups is 1. The molecule has 0 radical (unpaired) electrons. The van der Waals surface area contributed by atoms with E-state index < -0.39 is 5.82 Å². The summed E-state index contributed by atoms with van der Waals surface area (Å²) in [7, 11) is 3.06. The van der Waals surface area contributed by atoms with E-state index in [-0.39, 0.29) is 12.5 Å². The van der Waals surface area contributed by atoms with Crippen LogP contribution in [0.2, 0.25) is 5.02 Å². The zero-order valence-electron chi connectivity index (χ0n) is 12.8. The molecule has 0 unspecified atom stereocenters. The first kappa shape index (κ1) is 17.0. The van der Waals surface area contributed by atoms with Gasteiger partial charge in [0.2, 0.25) is 0 Å². The van der Waals surface area contributed by atoms with Crippen LogP contribution in [0.5, 0.6) is 0 Å². The summed E-state index contributed by atoms with van der Waals surface area (Å²) < 4.78 is 13.8. The summed E-state index contributed by atoms with van der Waals surface area (Å²) in [4.78, 5) is 18.4. The fourth-order valence-electron chi connectivity index (χ4n) is 2.04. The first-order chi connectivity index (χ1) is 11.0. The van der Waals surface area contributed by atoms with Crippen LogP contribution in [0.3, 0.4) is 0 Å². The molecule has 2 aromatic rings. The lowest BCUT2D eigenvalue weighted by Gasteiger charge is -2.18. The summed E-state index contributed by atoms with van der Waals surface area (Å²) >= 11 is 5.99. The lowest BCUT2D eigenvalue weighted by Crippen LogP contribution is -2.26. The van der Waals surface area contributed by atoms with Crippen molar-refractivity contribution in [2.45, 2.75) is 6.54 Å². The highest BCUT2D eigenvalue weighted by Gasteiger charge is 2.15. The topological polar surface area (TPSA) is 41.9 Å². The lowest BCUT2D eigenvalue weighted by atomic mass is 10.1. The summed E-state index contributed by atoms with van der Waals surface area (Å²) in [5, 5.41) is 3.95. The monoisotopic (exact) mass is 334 g/mol. The molecule has 2 aromatic carbocycles. The Labute approximate surface area is 139 Å². The van der Waals surface area contributed by atoms with E-state index in [9.17, 15) is 9.18 Å². The first-order valence-electron chi connectivity index (χ1n) is 6.88. The lowest BCUT2D eigenvalue weighted by molar-refractivity contribution is 0.0784. The number of amides is 1. The number of rotatable bonds is 5. The van der Waals surface area contributed by atoms with Crippen molar-refractivity contribution in [3.05, 3.63) is 70.0 Å². The van der Waals surface area contributed by atoms with Crippen molar-refractivity contribution in [3.63, 3.8) is 0 Å². The zero-order valence-corrected chi connectivity index (χ0v) is 13.5. The molecule has 0 spiro atoms. The predicted octanol–water partition coefficient (Wildman–Crippen LogP) is 3.73. The predicted molar refractivity (Wildman–Crippen MR) is 88.3 cm³/mol. The van der Waals surface area contributed by atoms with Gasteiger partial charge in [0.15, 0.2) is 0 Å². The molecule has 6 heteroatoms. The van der Waals surface area contributed by atoms with E-state index in [1.807, 2.05) is 0 Å². The van der Waals surface area contributed by atoms with Crippen LogP contribution < -0.4 is 0 Å². The molecule has 0 saturated carbocycles. The third kappa shape index (κ3) is 4.29. The van der Waals surface area contributed by atoms with Crippen LogP contribution in [0, 0.1) is 5.82 Å². The Kier molecular flexibility index (Phi) is 5.71. The minimum Gasteiger partial charge on any atom is -0.399 e. The highest BCUT2D eigenvalue weighted by atomic mass is 35.5. The van der Waals surface area contributed by atoms with Crippen molar-refractivity contribution < 1.29 is 14.0 Å². The molecule has 0 N–H and O–H groups in total. The number of hydrogen-bond donors (Lipinski definition) is 0. The maximum absolute atomic E-state index is 13.8. The van der Waals surface area contributed by atoms with Crippen molar-refractivity contribution in [1.82, 2.24) is 4.90 Å². The van der Waals surface area contributed by atoms with E-state index >= 15 is 0 Å². The number of carbonyl (C=O) groups excluding carboxylic acids is 1. The van der Waals surface area contributed by atoms with Crippen LogP contribution in [0.1, 0.15) is 21.5 Å². The second-order valence-electron chi connectivity index (χ2n) is 4.90. The van der Waals surface area contributed by atoms with E-state index in [4.69, 9.17) is 11.6 Å². The van der Waals surface area contributed by atoms with E-state index in [0.29, 0.717) is 16.1 Å². The minimum absolute atomic E-state index is 0.0945. The molecule has 4 nitrogen and oxygen atoms in total. The third-order valence-electron chi connectivity index (χ3n) is 3.27. The van der Waals surface area contributed by atoms with Gasteiger partial charge in [-0.05, 0) is 29.8 Å². The van der Waals surface area contributed by atoms with E-state index in [2.05, 4.69) is 9.99 Å². The molecule has 1 amide bonds. The van der Waals surface area contributed by atoms with Crippen LogP contribution in [0.4, 0.5) is 4.39 Å². The van der Waals surface area contributed by atoms with Gasteiger partial charge in [0, 0.05) is 29.7 Å². The van der Waals surface area contributed by atoms with Crippen LogP contribution in [0.15, 0.2) is 47.6 Å². The van der Waals surface area contributed by atoms with Crippen molar-refractivity contribution in [2.75, 3.05) is 14.2 Å². The van der Waals surface area contributed by atoms with Gasteiger partial charge < -0.3 is 9.74 Å². The molecule has 0 bridgehead atoms. The summed E-state index contributed by atoms with van der Waals surface area (Å²) in [6, 6.07) is 11.3. The largest absolute Gasteiger partial charge is 0.399 e. The Balaban J connectivity index is 2.12. The SMILES string of the molecule is CO/N=C/c1ccc(C(=O)N(C)Cc2c(F)cccc2Cl)cc1. The van der Waals surface area contributed by atoms with Crippen molar-refractivity contribution in [3.8, 4) is 0 Å². The Morgan fingerprint density at radius 1 is 1.30 bits per heavy atom. The minimum atomic E-state index is -0.428. The highest BCUT2D eigenvalue weighted by molar-refractivity contribution is 6.31. The molecular weight excluding hydrogens is 319 g/mol. The Morgan fingerprint density at radius 2 is 2.00 bits per heavy atom. The number of benzene rings is 2. The molecule has 0 heterocycles. The zero-order chi connectivity index (χ0) is 16.8. The average Bonchev–Trinajstić information content (AvgIpc) is 2.56. The second-order valence-corrected chi connectivity index (χ2v) is 5.31.